The minimum Gasteiger partial charge on any atom is -0.493 e. The van der Waals surface area contributed by atoms with Crippen molar-refractivity contribution >= 4 is 5.78 Å². The van der Waals surface area contributed by atoms with Crippen molar-refractivity contribution in [2.45, 2.75) is 6.42 Å². The quantitative estimate of drug-likeness (QED) is 0.741. The molecule has 1 aromatic rings. The third-order valence-electron chi connectivity index (χ3n) is 2.38. The van der Waals surface area contributed by atoms with Gasteiger partial charge in [-0.25, -0.2) is 0 Å². The maximum atomic E-state index is 11.6. The molecule has 1 heterocycles. The zero-order valence-corrected chi connectivity index (χ0v) is 8.70. The number of benzene rings is 1. The summed E-state index contributed by atoms with van der Waals surface area (Å²) in [7, 11) is 3.08. The van der Waals surface area contributed by atoms with Crippen molar-refractivity contribution in [3.05, 3.63) is 17.7 Å². The average Bonchev–Trinajstić information content (AvgIpc) is 2.28. The lowest BCUT2D eigenvalue weighted by molar-refractivity contribution is 0.0930. The van der Waals surface area contributed by atoms with Gasteiger partial charge >= 0.3 is 0 Å². The smallest absolute Gasteiger partial charge is 0.204 e. The van der Waals surface area contributed by atoms with Crippen molar-refractivity contribution in [1.82, 2.24) is 0 Å². The van der Waals surface area contributed by atoms with Crippen LogP contribution in [-0.4, -0.2) is 26.6 Å². The van der Waals surface area contributed by atoms with Gasteiger partial charge in [0.05, 0.1) is 26.4 Å². The fraction of sp³-hybridized carbons (Fsp3) is 0.364. The van der Waals surface area contributed by atoms with Gasteiger partial charge in [-0.05, 0) is 12.1 Å². The van der Waals surface area contributed by atoms with E-state index in [1.807, 2.05) is 0 Å². The minimum absolute atomic E-state index is 0.0807. The SMILES string of the molecule is COc1ccc2c(c1OC)OCCC2=O. The number of hydrogen-bond donors (Lipinski definition) is 0. The Morgan fingerprint density at radius 1 is 1.27 bits per heavy atom. The van der Waals surface area contributed by atoms with Gasteiger partial charge in [0.2, 0.25) is 5.75 Å². The van der Waals surface area contributed by atoms with Crippen LogP contribution in [-0.2, 0) is 0 Å². The molecular weight excluding hydrogens is 196 g/mol. The number of rotatable bonds is 2. The number of carbonyl (C=O) groups excluding carboxylic acids is 1. The highest BCUT2D eigenvalue weighted by Crippen LogP contribution is 2.41. The van der Waals surface area contributed by atoms with E-state index in [1.165, 1.54) is 7.11 Å². The standard InChI is InChI=1S/C11H12O4/c1-13-9-4-3-7-8(12)5-6-15-10(7)11(9)14-2/h3-4H,5-6H2,1-2H3. The molecule has 4 heteroatoms. The summed E-state index contributed by atoms with van der Waals surface area (Å²) in [5.74, 6) is 1.64. The van der Waals surface area contributed by atoms with Crippen molar-refractivity contribution in [2.24, 2.45) is 0 Å². The Morgan fingerprint density at radius 3 is 2.73 bits per heavy atom. The van der Waals surface area contributed by atoms with E-state index < -0.39 is 0 Å². The predicted octanol–water partition coefficient (Wildman–Crippen LogP) is 1.67. The molecule has 0 spiro atoms. The van der Waals surface area contributed by atoms with Crippen LogP contribution in [0.4, 0.5) is 0 Å². The molecule has 0 saturated carbocycles. The second-order valence-electron chi connectivity index (χ2n) is 3.20. The summed E-state index contributed by atoms with van der Waals surface area (Å²) in [6, 6.07) is 3.42. The predicted molar refractivity (Wildman–Crippen MR) is 54.0 cm³/mol. The summed E-state index contributed by atoms with van der Waals surface area (Å²) in [5.41, 5.74) is 0.568. The van der Waals surface area contributed by atoms with Crippen LogP contribution in [0.25, 0.3) is 0 Å². The van der Waals surface area contributed by atoms with Crippen LogP contribution < -0.4 is 14.2 Å². The molecule has 2 rings (SSSR count). The lowest BCUT2D eigenvalue weighted by Gasteiger charge is -2.20. The minimum atomic E-state index is 0.0807. The van der Waals surface area contributed by atoms with E-state index >= 15 is 0 Å². The summed E-state index contributed by atoms with van der Waals surface area (Å²) < 4.78 is 15.7. The highest BCUT2D eigenvalue weighted by Gasteiger charge is 2.24. The molecule has 0 unspecified atom stereocenters. The van der Waals surface area contributed by atoms with E-state index in [0.717, 1.165) is 0 Å². The number of fused-ring (bicyclic) bond motifs is 1. The van der Waals surface area contributed by atoms with E-state index in [0.29, 0.717) is 35.8 Å². The van der Waals surface area contributed by atoms with E-state index in [2.05, 4.69) is 0 Å². The Bertz CT molecular complexity index is 398. The van der Waals surface area contributed by atoms with Gasteiger partial charge in [-0.2, -0.15) is 0 Å². The molecule has 0 aliphatic carbocycles. The summed E-state index contributed by atoms with van der Waals surface area (Å²) in [6.45, 7) is 0.398. The zero-order valence-electron chi connectivity index (χ0n) is 8.70. The fourth-order valence-electron chi connectivity index (χ4n) is 1.64. The first kappa shape index (κ1) is 9.83. The van der Waals surface area contributed by atoms with E-state index in [1.54, 1.807) is 19.2 Å². The van der Waals surface area contributed by atoms with Gasteiger partial charge in [0.25, 0.3) is 0 Å². The van der Waals surface area contributed by atoms with Gasteiger partial charge < -0.3 is 14.2 Å². The Balaban J connectivity index is 2.58. The molecule has 4 nitrogen and oxygen atoms in total. The highest BCUT2D eigenvalue weighted by atomic mass is 16.5. The molecule has 0 N–H and O–H groups in total. The van der Waals surface area contributed by atoms with Crippen molar-refractivity contribution < 1.29 is 19.0 Å². The first-order chi connectivity index (χ1) is 7.27. The molecular formula is C11H12O4. The van der Waals surface area contributed by atoms with E-state index in [-0.39, 0.29) is 5.78 Å². The zero-order chi connectivity index (χ0) is 10.8. The van der Waals surface area contributed by atoms with Crippen LogP contribution in [0.3, 0.4) is 0 Å². The average molecular weight is 208 g/mol. The van der Waals surface area contributed by atoms with Crippen molar-refractivity contribution in [2.75, 3.05) is 20.8 Å². The molecule has 0 fully saturated rings. The van der Waals surface area contributed by atoms with E-state index in [9.17, 15) is 4.79 Å². The second-order valence-corrected chi connectivity index (χ2v) is 3.20. The normalized spacial score (nSPS) is 14.1. The second kappa shape index (κ2) is 3.81. The third kappa shape index (κ3) is 1.52. The Kier molecular flexibility index (Phi) is 2.49. The van der Waals surface area contributed by atoms with Gasteiger partial charge in [0, 0.05) is 6.42 Å². The molecule has 0 bridgehead atoms. The molecule has 0 radical (unpaired) electrons. The van der Waals surface area contributed by atoms with Crippen LogP contribution in [0.2, 0.25) is 0 Å². The Morgan fingerprint density at radius 2 is 2.07 bits per heavy atom. The number of hydrogen-bond acceptors (Lipinski definition) is 4. The van der Waals surface area contributed by atoms with Crippen LogP contribution in [0.1, 0.15) is 16.8 Å². The summed E-state index contributed by atoms with van der Waals surface area (Å²) in [4.78, 5) is 11.6. The van der Waals surface area contributed by atoms with Crippen molar-refractivity contribution in [3.63, 3.8) is 0 Å². The van der Waals surface area contributed by atoms with Crippen LogP contribution in [0.15, 0.2) is 12.1 Å². The molecule has 0 saturated heterocycles. The van der Waals surface area contributed by atoms with Gasteiger partial charge in [0.1, 0.15) is 0 Å². The maximum Gasteiger partial charge on any atom is 0.204 e. The largest absolute Gasteiger partial charge is 0.493 e. The monoisotopic (exact) mass is 208 g/mol. The molecule has 1 aliphatic heterocycles. The van der Waals surface area contributed by atoms with Gasteiger partial charge in [-0.1, -0.05) is 0 Å². The number of methoxy groups -OCH3 is 2. The number of ketones is 1. The van der Waals surface area contributed by atoms with Crippen molar-refractivity contribution in [1.29, 1.82) is 0 Å². The number of Topliss-reactive ketones (excluding diaryl/α,β-unsaturated/α-hetero) is 1. The molecule has 80 valence electrons. The molecule has 1 aromatic carbocycles. The van der Waals surface area contributed by atoms with E-state index in [4.69, 9.17) is 14.2 Å². The maximum absolute atomic E-state index is 11.6. The first-order valence-corrected chi connectivity index (χ1v) is 4.69. The molecule has 0 atom stereocenters. The van der Waals surface area contributed by atoms with Gasteiger partial charge in [-0.15, -0.1) is 0 Å². The summed E-state index contributed by atoms with van der Waals surface area (Å²) in [6.07, 6.45) is 0.419. The van der Waals surface area contributed by atoms with Crippen LogP contribution >= 0.6 is 0 Å². The summed E-state index contributed by atoms with van der Waals surface area (Å²) >= 11 is 0. The number of ether oxygens (including phenoxy) is 3. The molecule has 1 aliphatic rings. The highest BCUT2D eigenvalue weighted by molar-refractivity contribution is 6.00. The fourth-order valence-corrected chi connectivity index (χ4v) is 1.64. The summed E-state index contributed by atoms with van der Waals surface area (Å²) in [5, 5.41) is 0. The molecule has 15 heavy (non-hydrogen) atoms. The van der Waals surface area contributed by atoms with Crippen LogP contribution in [0.5, 0.6) is 17.2 Å². The van der Waals surface area contributed by atoms with Gasteiger partial charge in [-0.3, -0.25) is 4.79 Å². The Hall–Kier alpha value is -1.71. The van der Waals surface area contributed by atoms with Crippen LogP contribution in [0, 0.1) is 0 Å². The third-order valence-corrected chi connectivity index (χ3v) is 2.38. The topological polar surface area (TPSA) is 44.8 Å². The lowest BCUT2D eigenvalue weighted by Crippen LogP contribution is -2.16. The molecule has 0 aromatic heterocycles. The molecule has 0 amide bonds. The lowest BCUT2D eigenvalue weighted by atomic mass is 10.0. The van der Waals surface area contributed by atoms with Crippen molar-refractivity contribution in [3.8, 4) is 17.2 Å². The Labute approximate surface area is 87.8 Å². The first-order valence-electron chi connectivity index (χ1n) is 4.69. The number of carbonyl (C=O) groups is 1. The van der Waals surface area contributed by atoms with Gasteiger partial charge in [0.15, 0.2) is 17.3 Å².